The molecular weight excluding hydrogens is 433 g/mol. The number of ether oxygens (including phenoxy) is 1. The third kappa shape index (κ3) is 5.71. The monoisotopic (exact) mass is 457 g/mol. The van der Waals surface area contributed by atoms with Crippen molar-refractivity contribution in [2.45, 2.75) is 38.8 Å². The van der Waals surface area contributed by atoms with Gasteiger partial charge in [-0.2, -0.15) is 0 Å². The Bertz CT molecular complexity index is 1070. The summed E-state index contributed by atoms with van der Waals surface area (Å²) in [5.41, 5.74) is -0.0315. The fraction of sp³-hybridized carbons (Fsp3) is 0.348. The second-order valence-corrected chi connectivity index (χ2v) is 7.98. The number of carbonyl (C=O) groups is 3. The molecule has 2 aromatic carbocycles. The summed E-state index contributed by atoms with van der Waals surface area (Å²) < 4.78 is 19.3. The van der Waals surface area contributed by atoms with Gasteiger partial charge in [0.05, 0.1) is 40.7 Å². The third-order valence-electron chi connectivity index (χ3n) is 5.20. The zero-order chi connectivity index (χ0) is 24.1. The van der Waals surface area contributed by atoms with Gasteiger partial charge in [0, 0.05) is 19.0 Å². The zero-order valence-electron chi connectivity index (χ0n) is 18.2. The van der Waals surface area contributed by atoms with Gasteiger partial charge in [0.1, 0.15) is 5.82 Å². The second kappa shape index (κ2) is 10.2. The molecule has 0 radical (unpaired) electrons. The lowest BCUT2D eigenvalue weighted by atomic mass is 9.99. The number of amides is 2. The minimum atomic E-state index is -1.04. The Hall–Kier alpha value is -3.82. The number of para-hydroxylation sites is 2. The number of nitrogens with zero attached hydrogens (tertiary/aromatic N) is 2. The summed E-state index contributed by atoms with van der Waals surface area (Å²) in [6.45, 7) is 3.28. The Morgan fingerprint density at radius 1 is 1.21 bits per heavy atom. The highest BCUT2D eigenvalue weighted by Crippen LogP contribution is 2.30. The van der Waals surface area contributed by atoms with Crippen molar-refractivity contribution in [3.8, 4) is 0 Å². The van der Waals surface area contributed by atoms with Gasteiger partial charge in [-0.25, -0.2) is 4.39 Å². The van der Waals surface area contributed by atoms with Gasteiger partial charge in [-0.3, -0.25) is 24.5 Å². The van der Waals surface area contributed by atoms with Crippen LogP contribution >= 0.6 is 0 Å². The summed E-state index contributed by atoms with van der Waals surface area (Å²) in [6.07, 6.45) is -0.881. The van der Waals surface area contributed by atoms with Gasteiger partial charge in [-0.05, 0) is 26.0 Å². The number of nitro benzene ring substituents is 1. The van der Waals surface area contributed by atoms with Crippen molar-refractivity contribution in [1.29, 1.82) is 0 Å². The molecule has 2 aromatic rings. The van der Waals surface area contributed by atoms with Crippen LogP contribution in [0.25, 0.3) is 0 Å². The van der Waals surface area contributed by atoms with Crippen molar-refractivity contribution < 1.29 is 28.4 Å². The van der Waals surface area contributed by atoms with Gasteiger partial charge in [-0.1, -0.05) is 30.3 Å². The van der Waals surface area contributed by atoms with Gasteiger partial charge >= 0.3 is 5.97 Å². The van der Waals surface area contributed by atoms with E-state index in [-0.39, 0.29) is 36.3 Å². The molecule has 10 heteroatoms. The molecule has 0 spiro atoms. The summed E-state index contributed by atoms with van der Waals surface area (Å²) in [4.78, 5) is 49.9. The van der Waals surface area contributed by atoms with E-state index in [9.17, 15) is 28.9 Å². The fourth-order valence-electron chi connectivity index (χ4n) is 3.74. The standard InChI is InChI=1S/C23H24FN3O6/c1-14(2)33-22(29)12-18(16-7-3-5-9-19(16)27(31)32)25-23(30)15-11-21(28)26(13-15)20-10-6-4-8-17(20)24/h3-10,14-15,18H,11-13H2,1-2H3,(H,25,30). The molecule has 9 nitrogen and oxygen atoms in total. The van der Waals surface area contributed by atoms with E-state index in [4.69, 9.17) is 4.74 Å². The summed E-state index contributed by atoms with van der Waals surface area (Å²) >= 11 is 0. The molecule has 2 atom stereocenters. The second-order valence-electron chi connectivity index (χ2n) is 7.98. The van der Waals surface area contributed by atoms with Gasteiger partial charge in [0.2, 0.25) is 11.8 Å². The first-order chi connectivity index (χ1) is 15.7. The van der Waals surface area contributed by atoms with Crippen molar-refractivity contribution in [1.82, 2.24) is 5.32 Å². The molecule has 2 unspecified atom stereocenters. The van der Waals surface area contributed by atoms with Crippen LogP contribution in [-0.4, -0.2) is 35.4 Å². The van der Waals surface area contributed by atoms with Gasteiger partial charge in [0.15, 0.2) is 0 Å². The number of anilines is 1. The van der Waals surface area contributed by atoms with E-state index in [0.29, 0.717) is 0 Å². The molecule has 0 saturated carbocycles. The minimum absolute atomic E-state index is 0.0500. The Morgan fingerprint density at radius 3 is 2.55 bits per heavy atom. The average molecular weight is 457 g/mol. The fourth-order valence-corrected chi connectivity index (χ4v) is 3.74. The highest BCUT2D eigenvalue weighted by molar-refractivity contribution is 6.00. The minimum Gasteiger partial charge on any atom is -0.463 e. The number of nitrogens with one attached hydrogen (secondary N) is 1. The smallest absolute Gasteiger partial charge is 0.308 e. The maximum absolute atomic E-state index is 14.1. The Kier molecular flexibility index (Phi) is 7.37. The van der Waals surface area contributed by atoms with Crippen molar-refractivity contribution >= 4 is 29.2 Å². The summed E-state index contributed by atoms with van der Waals surface area (Å²) in [5, 5.41) is 14.2. The molecule has 3 rings (SSSR count). The lowest BCUT2D eigenvalue weighted by Crippen LogP contribution is -2.37. The van der Waals surface area contributed by atoms with E-state index in [1.807, 2.05) is 0 Å². The molecule has 0 aromatic heterocycles. The predicted octanol–water partition coefficient (Wildman–Crippen LogP) is 3.29. The van der Waals surface area contributed by atoms with Crippen LogP contribution in [0.3, 0.4) is 0 Å². The zero-order valence-corrected chi connectivity index (χ0v) is 18.2. The highest BCUT2D eigenvalue weighted by Gasteiger charge is 2.38. The summed E-state index contributed by atoms with van der Waals surface area (Å²) in [5.74, 6) is -3.02. The van der Waals surface area contributed by atoms with Crippen LogP contribution in [0.1, 0.15) is 38.3 Å². The number of hydrogen-bond donors (Lipinski definition) is 1. The van der Waals surface area contributed by atoms with Gasteiger partial charge in [0.25, 0.3) is 5.69 Å². The number of carbonyl (C=O) groups excluding carboxylic acids is 3. The number of esters is 1. The summed E-state index contributed by atoms with van der Waals surface area (Å²) in [7, 11) is 0. The number of halogens is 1. The van der Waals surface area contributed by atoms with Gasteiger partial charge in [-0.15, -0.1) is 0 Å². The quantitative estimate of drug-likeness (QED) is 0.369. The molecule has 1 aliphatic rings. The molecular formula is C23H24FN3O6. The molecule has 1 saturated heterocycles. The summed E-state index contributed by atoms with van der Waals surface area (Å²) in [6, 6.07) is 10.5. The lowest BCUT2D eigenvalue weighted by Gasteiger charge is -2.21. The van der Waals surface area contributed by atoms with Crippen LogP contribution < -0.4 is 10.2 Å². The molecule has 0 aliphatic carbocycles. The Morgan fingerprint density at radius 2 is 1.88 bits per heavy atom. The molecule has 33 heavy (non-hydrogen) atoms. The van der Waals surface area contributed by atoms with Crippen molar-refractivity contribution in [3.05, 3.63) is 70.0 Å². The first-order valence-corrected chi connectivity index (χ1v) is 10.5. The SMILES string of the molecule is CC(C)OC(=O)CC(NC(=O)C1CC(=O)N(c2ccccc2F)C1)c1ccccc1[N+](=O)[O-]. The normalized spacial score (nSPS) is 16.5. The van der Waals surface area contributed by atoms with Crippen LogP contribution in [0.15, 0.2) is 48.5 Å². The number of rotatable bonds is 8. The lowest BCUT2D eigenvalue weighted by molar-refractivity contribution is -0.385. The van der Waals surface area contributed by atoms with Gasteiger partial charge < -0.3 is 15.0 Å². The van der Waals surface area contributed by atoms with Crippen LogP contribution in [0.4, 0.5) is 15.8 Å². The van der Waals surface area contributed by atoms with E-state index in [2.05, 4.69) is 5.32 Å². The van der Waals surface area contributed by atoms with E-state index in [1.54, 1.807) is 26.0 Å². The largest absolute Gasteiger partial charge is 0.463 e. The van der Waals surface area contributed by atoms with Crippen LogP contribution in [-0.2, 0) is 19.1 Å². The first-order valence-electron chi connectivity index (χ1n) is 10.5. The average Bonchev–Trinajstić information content (AvgIpc) is 3.14. The van der Waals surface area contributed by atoms with Crippen LogP contribution in [0.2, 0.25) is 0 Å². The topological polar surface area (TPSA) is 119 Å². The van der Waals surface area contributed by atoms with E-state index >= 15 is 0 Å². The maximum Gasteiger partial charge on any atom is 0.308 e. The third-order valence-corrected chi connectivity index (χ3v) is 5.20. The van der Waals surface area contributed by atoms with E-state index in [0.717, 1.165) is 0 Å². The molecule has 1 N–H and O–H groups in total. The molecule has 0 bridgehead atoms. The maximum atomic E-state index is 14.1. The Balaban J connectivity index is 1.82. The van der Waals surface area contributed by atoms with Crippen LogP contribution in [0, 0.1) is 21.8 Å². The molecule has 1 fully saturated rings. The Labute approximate surface area is 189 Å². The van der Waals surface area contributed by atoms with Crippen LogP contribution in [0.5, 0.6) is 0 Å². The van der Waals surface area contributed by atoms with Crippen molar-refractivity contribution in [2.75, 3.05) is 11.4 Å². The molecule has 1 aliphatic heterocycles. The number of nitro groups is 1. The molecule has 2 amide bonds. The van der Waals surface area contributed by atoms with Crippen molar-refractivity contribution in [3.63, 3.8) is 0 Å². The van der Waals surface area contributed by atoms with Crippen molar-refractivity contribution in [2.24, 2.45) is 5.92 Å². The number of hydrogen-bond acceptors (Lipinski definition) is 6. The first kappa shape index (κ1) is 23.8. The predicted molar refractivity (Wildman–Crippen MR) is 117 cm³/mol. The highest BCUT2D eigenvalue weighted by atomic mass is 19.1. The molecule has 1 heterocycles. The van der Waals surface area contributed by atoms with E-state index < -0.39 is 46.6 Å². The van der Waals surface area contributed by atoms with E-state index in [1.165, 1.54) is 41.3 Å². The molecule has 174 valence electrons. The number of benzene rings is 2.